The van der Waals surface area contributed by atoms with Gasteiger partial charge in [-0.25, -0.2) is 5.10 Å². The first-order valence-corrected chi connectivity index (χ1v) is 4.29. The SMILES string of the molecule is CC(C)N(C)c1n[nH]c(=S)n1C. The van der Waals surface area contributed by atoms with Crippen LogP contribution < -0.4 is 4.90 Å². The highest BCUT2D eigenvalue weighted by molar-refractivity contribution is 7.71. The molecule has 0 amide bonds. The molecule has 1 N–H and O–H groups in total. The number of hydrogen-bond acceptors (Lipinski definition) is 3. The van der Waals surface area contributed by atoms with Gasteiger partial charge in [0.25, 0.3) is 0 Å². The van der Waals surface area contributed by atoms with E-state index in [2.05, 4.69) is 28.9 Å². The highest BCUT2D eigenvalue weighted by Gasteiger charge is 2.10. The average molecular weight is 186 g/mol. The van der Waals surface area contributed by atoms with Gasteiger partial charge in [0.05, 0.1) is 0 Å². The molecule has 0 radical (unpaired) electrons. The molecule has 12 heavy (non-hydrogen) atoms. The molecule has 1 aromatic heterocycles. The fourth-order valence-electron chi connectivity index (χ4n) is 0.885. The van der Waals surface area contributed by atoms with Crippen LogP contribution >= 0.6 is 12.2 Å². The Bertz CT molecular complexity index is 311. The van der Waals surface area contributed by atoms with Crippen molar-refractivity contribution in [3.63, 3.8) is 0 Å². The van der Waals surface area contributed by atoms with Crippen LogP contribution in [0.1, 0.15) is 13.8 Å². The summed E-state index contributed by atoms with van der Waals surface area (Å²) < 4.78 is 2.51. The van der Waals surface area contributed by atoms with Crippen molar-refractivity contribution in [1.29, 1.82) is 0 Å². The Morgan fingerprint density at radius 2 is 2.17 bits per heavy atom. The Hall–Kier alpha value is -0.840. The highest BCUT2D eigenvalue weighted by Crippen LogP contribution is 2.09. The lowest BCUT2D eigenvalue weighted by molar-refractivity contribution is 0.705. The summed E-state index contributed by atoms with van der Waals surface area (Å²) in [5.74, 6) is 0.870. The molecule has 0 fully saturated rings. The lowest BCUT2D eigenvalue weighted by Gasteiger charge is -2.21. The Labute approximate surface area is 77.2 Å². The highest BCUT2D eigenvalue weighted by atomic mass is 32.1. The van der Waals surface area contributed by atoms with Crippen molar-refractivity contribution in [2.75, 3.05) is 11.9 Å². The second-order valence-electron chi connectivity index (χ2n) is 3.09. The van der Waals surface area contributed by atoms with Crippen molar-refractivity contribution in [2.24, 2.45) is 7.05 Å². The number of rotatable bonds is 2. The predicted molar refractivity (Wildman–Crippen MR) is 51.9 cm³/mol. The summed E-state index contributed by atoms with van der Waals surface area (Å²) >= 11 is 5.00. The van der Waals surface area contributed by atoms with Crippen molar-refractivity contribution in [1.82, 2.24) is 14.8 Å². The molecule has 0 aliphatic carbocycles. The lowest BCUT2D eigenvalue weighted by Crippen LogP contribution is -2.28. The normalized spacial score (nSPS) is 10.8. The van der Waals surface area contributed by atoms with Gasteiger partial charge in [-0.1, -0.05) is 0 Å². The van der Waals surface area contributed by atoms with Crippen molar-refractivity contribution in [3.8, 4) is 0 Å². The van der Waals surface area contributed by atoms with Gasteiger partial charge < -0.3 is 4.90 Å². The largest absolute Gasteiger partial charge is 0.342 e. The molecule has 0 aromatic carbocycles. The number of nitrogens with one attached hydrogen (secondary N) is 1. The van der Waals surface area contributed by atoms with Gasteiger partial charge in [-0.05, 0) is 26.1 Å². The quantitative estimate of drug-likeness (QED) is 0.708. The first kappa shape index (κ1) is 9.25. The van der Waals surface area contributed by atoms with Crippen LogP contribution in [0.5, 0.6) is 0 Å². The van der Waals surface area contributed by atoms with Crippen molar-refractivity contribution in [3.05, 3.63) is 4.77 Å². The van der Waals surface area contributed by atoms with Gasteiger partial charge >= 0.3 is 0 Å². The Balaban J connectivity index is 3.03. The van der Waals surface area contributed by atoms with Crippen LogP contribution in [0.25, 0.3) is 0 Å². The summed E-state index contributed by atoms with van der Waals surface area (Å²) in [7, 11) is 3.90. The van der Waals surface area contributed by atoms with E-state index in [-0.39, 0.29) is 0 Å². The Morgan fingerprint density at radius 3 is 2.50 bits per heavy atom. The lowest BCUT2D eigenvalue weighted by atomic mass is 10.4. The predicted octanol–water partition coefficient (Wildman–Crippen LogP) is 1.32. The molecule has 0 unspecified atom stereocenters. The minimum Gasteiger partial charge on any atom is -0.342 e. The van der Waals surface area contributed by atoms with Crippen molar-refractivity contribution < 1.29 is 0 Å². The smallest absolute Gasteiger partial charge is 0.225 e. The van der Waals surface area contributed by atoms with Crippen LogP contribution in [0.3, 0.4) is 0 Å². The first-order chi connectivity index (χ1) is 5.54. The number of hydrogen-bond donors (Lipinski definition) is 1. The summed E-state index contributed by atoms with van der Waals surface area (Å²) in [6, 6.07) is 0.425. The molecule has 1 rings (SSSR count). The molecular formula is C7H14N4S. The monoisotopic (exact) mass is 186 g/mol. The molecule has 0 saturated heterocycles. The van der Waals surface area contributed by atoms with Crippen LogP contribution in [0.4, 0.5) is 5.95 Å². The van der Waals surface area contributed by atoms with E-state index in [0.717, 1.165) is 5.95 Å². The number of H-pyrrole nitrogens is 1. The van der Waals surface area contributed by atoms with E-state index in [4.69, 9.17) is 12.2 Å². The molecule has 0 aliphatic rings. The van der Waals surface area contributed by atoms with Gasteiger partial charge in [0.2, 0.25) is 5.95 Å². The van der Waals surface area contributed by atoms with E-state index in [1.54, 1.807) is 0 Å². The van der Waals surface area contributed by atoms with E-state index in [1.165, 1.54) is 0 Å². The third kappa shape index (κ3) is 1.50. The number of aromatic amines is 1. The van der Waals surface area contributed by atoms with Gasteiger partial charge in [0.15, 0.2) is 4.77 Å². The molecule has 1 aromatic rings. The first-order valence-electron chi connectivity index (χ1n) is 3.88. The fourth-order valence-corrected chi connectivity index (χ4v) is 1.01. The zero-order valence-electron chi connectivity index (χ0n) is 7.83. The summed E-state index contributed by atoms with van der Waals surface area (Å²) in [5.41, 5.74) is 0. The van der Waals surface area contributed by atoms with Crippen LogP contribution in [-0.2, 0) is 7.05 Å². The van der Waals surface area contributed by atoms with E-state index in [9.17, 15) is 0 Å². The van der Waals surface area contributed by atoms with Gasteiger partial charge in [0.1, 0.15) is 0 Å². The number of nitrogens with zero attached hydrogens (tertiary/aromatic N) is 3. The topological polar surface area (TPSA) is 36.9 Å². The summed E-state index contributed by atoms with van der Waals surface area (Å²) in [4.78, 5) is 2.06. The van der Waals surface area contributed by atoms with E-state index >= 15 is 0 Å². The summed E-state index contributed by atoms with van der Waals surface area (Å²) in [6.07, 6.45) is 0. The maximum Gasteiger partial charge on any atom is 0.225 e. The van der Waals surface area contributed by atoms with Gasteiger partial charge in [0, 0.05) is 20.1 Å². The zero-order valence-corrected chi connectivity index (χ0v) is 8.64. The Kier molecular flexibility index (Phi) is 2.52. The molecule has 0 atom stereocenters. The second kappa shape index (κ2) is 3.26. The molecular weight excluding hydrogens is 172 g/mol. The minimum atomic E-state index is 0.425. The van der Waals surface area contributed by atoms with Crippen LogP contribution in [0.2, 0.25) is 0 Å². The molecule has 0 saturated carbocycles. The molecule has 0 spiro atoms. The standard InChI is InChI=1S/C7H14N4S/c1-5(2)10(3)6-8-9-7(12)11(6)4/h5H,1-4H3,(H,9,12). The number of anilines is 1. The molecule has 0 aliphatic heterocycles. The third-order valence-electron chi connectivity index (χ3n) is 1.95. The Morgan fingerprint density at radius 1 is 1.58 bits per heavy atom. The van der Waals surface area contributed by atoms with E-state index < -0.39 is 0 Å². The van der Waals surface area contributed by atoms with Crippen LogP contribution in [0, 0.1) is 4.77 Å². The van der Waals surface area contributed by atoms with Crippen LogP contribution in [-0.4, -0.2) is 27.9 Å². The minimum absolute atomic E-state index is 0.425. The molecule has 0 bridgehead atoms. The van der Waals surface area contributed by atoms with Gasteiger partial charge in [-0.15, -0.1) is 5.10 Å². The zero-order chi connectivity index (χ0) is 9.30. The second-order valence-corrected chi connectivity index (χ2v) is 3.48. The molecule has 5 heteroatoms. The summed E-state index contributed by atoms with van der Waals surface area (Å²) in [5, 5.41) is 6.86. The van der Waals surface area contributed by atoms with Gasteiger partial charge in [-0.2, -0.15) is 0 Å². The average Bonchev–Trinajstić information content (AvgIpc) is 2.32. The maximum absolute atomic E-state index is 5.00. The molecule has 4 nitrogen and oxygen atoms in total. The molecule has 1 heterocycles. The van der Waals surface area contributed by atoms with Crippen molar-refractivity contribution >= 4 is 18.2 Å². The summed E-state index contributed by atoms with van der Waals surface area (Å²) in [6.45, 7) is 4.22. The number of aromatic nitrogens is 3. The van der Waals surface area contributed by atoms with Crippen molar-refractivity contribution in [2.45, 2.75) is 19.9 Å². The third-order valence-corrected chi connectivity index (χ3v) is 2.31. The van der Waals surface area contributed by atoms with Crippen LogP contribution in [0.15, 0.2) is 0 Å². The van der Waals surface area contributed by atoms with Gasteiger partial charge in [-0.3, -0.25) is 4.57 Å². The maximum atomic E-state index is 5.00. The molecule has 68 valence electrons. The van der Waals surface area contributed by atoms with E-state index in [1.807, 2.05) is 18.7 Å². The van der Waals surface area contributed by atoms with E-state index in [0.29, 0.717) is 10.8 Å². The fraction of sp³-hybridized carbons (Fsp3) is 0.714.